The van der Waals surface area contributed by atoms with Crippen LogP contribution in [0.2, 0.25) is 0 Å². The van der Waals surface area contributed by atoms with Crippen molar-refractivity contribution in [2.24, 2.45) is 11.7 Å². The third-order valence-electron chi connectivity index (χ3n) is 4.06. The van der Waals surface area contributed by atoms with Crippen LogP contribution in [0.25, 0.3) is 0 Å². The van der Waals surface area contributed by atoms with Crippen molar-refractivity contribution in [1.82, 2.24) is 5.32 Å². The molecule has 0 aromatic heterocycles. The smallest absolute Gasteiger partial charge is 0.220 e. The summed E-state index contributed by atoms with van der Waals surface area (Å²) in [5, 5.41) is 13.2. The summed E-state index contributed by atoms with van der Waals surface area (Å²) in [6, 6.07) is 0.739. The van der Waals surface area contributed by atoms with E-state index in [0.29, 0.717) is 6.04 Å². The number of hydrogen-bond acceptors (Lipinski definition) is 3. The first kappa shape index (κ1) is 11.9. The van der Waals surface area contributed by atoms with E-state index in [2.05, 4.69) is 5.32 Å². The van der Waals surface area contributed by atoms with Gasteiger partial charge in [-0.2, -0.15) is 0 Å². The number of nitrogens with one attached hydrogen (secondary N) is 1. The second-order valence-corrected chi connectivity index (χ2v) is 5.22. The highest BCUT2D eigenvalue weighted by molar-refractivity contribution is 5.76. The summed E-state index contributed by atoms with van der Waals surface area (Å²) in [4.78, 5) is 11.0. The second kappa shape index (κ2) is 5.15. The average Bonchev–Trinajstić information content (AvgIpc) is 2.65. The van der Waals surface area contributed by atoms with Crippen LogP contribution in [0, 0.1) is 5.92 Å². The van der Waals surface area contributed by atoms with Crippen LogP contribution in [-0.4, -0.2) is 29.2 Å². The molecular formula is C12H22N2O2. The van der Waals surface area contributed by atoms with Crippen LogP contribution in [-0.2, 0) is 4.79 Å². The molecule has 2 rings (SSSR count). The van der Waals surface area contributed by atoms with Crippen molar-refractivity contribution in [1.29, 1.82) is 0 Å². The maximum Gasteiger partial charge on any atom is 0.220 e. The topological polar surface area (TPSA) is 75.4 Å². The Bertz CT molecular complexity index is 249. The number of rotatable bonds is 3. The van der Waals surface area contributed by atoms with Gasteiger partial charge in [0, 0.05) is 18.0 Å². The lowest BCUT2D eigenvalue weighted by Crippen LogP contribution is -2.45. The van der Waals surface area contributed by atoms with Crippen molar-refractivity contribution in [2.75, 3.05) is 0 Å². The fourth-order valence-corrected chi connectivity index (χ4v) is 2.98. The first-order valence-corrected chi connectivity index (χ1v) is 6.40. The summed E-state index contributed by atoms with van der Waals surface area (Å²) < 4.78 is 0. The van der Waals surface area contributed by atoms with Crippen LogP contribution in [0.4, 0.5) is 0 Å². The van der Waals surface area contributed by atoms with E-state index in [-0.39, 0.29) is 24.0 Å². The molecule has 4 heteroatoms. The zero-order valence-electron chi connectivity index (χ0n) is 9.69. The molecule has 0 aliphatic heterocycles. The normalized spacial score (nSPS) is 39.8. The molecule has 4 N–H and O–H groups in total. The number of aliphatic hydroxyl groups is 1. The van der Waals surface area contributed by atoms with Gasteiger partial charge in [-0.1, -0.05) is 0 Å². The van der Waals surface area contributed by atoms with E-state index in [4.69, 9.17) is 5.73 Å². The molecule has 1 amide bonds. The lowest BCUT2D eigenvalue weighted by atomic mass is 9.85. The molecule has 0 aromatic rings. The minimum absolute atomic E-state index is 0.0755. The molecule has 0 heterocycles. The Morgan fingerprint density at radius 2 is 1.81 bits per heavy atom. The molecule has 0 bridgehead atoms. The van der Waals surface area contributed by atoms with Gasteiger partial charge in [0.2, 0.25) is 5.91 Å². The zero-order valence-corrected chi connectivity index (χ0v) is 9.69. The summed E-state index contributed by atoms with van der Waals surface area (Å²) in [5.41, 5.74) is 5.30. The van der Waals surface area contributed by atoms with E-state index in [1.807, 2.05) is 0 Å². The Balaban J connectivity index is 1.74. The van der Waals surface area contributed by atoms with E-state index < -0.39 is 0 Å². The van der Waals surface area contributed by atoms with E-state index in [1.165, 1.54) is 0 Å². The van der Waals surface area contributed by atoms with Crippen molar-refractivity contribution < 1.29 is 9.90 Å². The van der Waals surface area contributed by atoms with Crippen LogP contribution < -0.4 is 11.1 Å². The number of hydrogen-bond donors (Lipinski definition) is 3. The molecule has 16 heavy (non-hydrogen) atoms. The van der Waals surface area contributed by atoms with Crippen molar-refractivity contribution in [3.63, 3.8) is 0 Å². The highest BCUT2D eigenvalue weighted by atomic mass is 16.3. The Morgan fingerprint density at radius 1 is 1.12 bits per heavy atom. The monoisotopic (exact) mass is 226 g/mol. The van der Waals surface area contributed by atoms with Crippen LogP contribution in [0.15, 0.2) is 0 Å². The summed E-state index contributed by atoms with van der Waals surface area (Å²) >= 11 is 0. The number of carbonyl (C=O) groups is 1. The molecule has 2 aliphatic rings. The van der Waals surface area contributed by atoms with E-state index in [1.54, 1.807) is 0 Å². The molecule has 0 saturated heterocycles. The van der Waals surface area contributed by atoms with Crippen molar-refractivity contribution in [3.8, 4) is 0 Å². The quantitative estimate of drug-likeness (QED) is 0.657. The third kappa shape index (κ3) is 2.74. The number of nitrogens with two attached hydrogens (primary N) is 1. The first-order valence-electron chi connectivity index (χ1n) is 6.40. The summed E-state index contributed by atoms with van der Waals surface area (Å²) in [6.07, 6.45) is 6.77. The predicted octanol–water partition coefficient (Wildman–Crippen LogP) is 0.533. The number of carbonyl (C=O) groups excluding carboxylic acids is 1. The first-order chi connectivity index (χ1) is 7.66. The van der Waals surface area contributed by atoms with Gasteiger partial charge < -0.3 is 16.2 Å². The van der Waals surface area contributed by atoms with Gasteiger partial charge in [-0.15, -0.1) is 0 Å². The molecule has 0 unspecified atom stereocenters. The third-order valence-corrected chi connectivity index (χ3v) is 4.06. The fraction of sp³-hybridized carbons (Fsp3) is 0.917. The molecule has 2 saturated carbocycles. The van der Waals surface area contributed by atoms with Crippen molar-refractivity contribution in [2.45, 2.75) is 63.1 Å². The molecule has 2 aliphatic carbocycles. The van der Waals surface area contributed by atoms with E-state index in [0.717, 1.165) is 44.9 Å². The maximum absolute atomic E-state index is 11.0. The SMILES string of the molecule is NC(=O)C1CCC(N[C@@H]2CCC[C@H]2O)CC1. The Hall–Kier alpha value is -0.610. The Kier molecular flexibility index (Phi) is 3.82. The Labute approximate surface area is 96.6 Å². The summed E-state index contributed by atoms with van der Waals surface area (Å²) in [5.74, 6) is -0.0779. The minimum Gasteiger partial charge on any atom is -0.392 e. The number of primary amides is 1. The molecule has 92 valence electrons. The molecule has 2 fully saturated rings. The van der Waals surface area contributed by atoms with Gasteiger partial charge in [-0.25, -0.2) is 0 Å². The van der Waals surface area contributed by atoms with Gasteiger partial charge >= 0.3 is 0 Å². The van der Waals surface area contributed by atoms with Crippen LogP contribution in [0.3, 0.4) is 0 Å². The lowest BCUT2D eigenvalue weighted by molar-refractivity contribution is -0.122. The zero-order chi connectivity index (χ0) is 11.5. The van der Waals surface area contributed by atoms with Gasteiger partial charge in [0.15, 0.2) is 0 Å². The highest BCUT2D eigenvalue weighted by Gasteiger charge is 2.30. The van der Waals surface area contributed by atoms with Crippen molar-refractivity contribution in [3.05, 3.63) is 0 Å². The van der Waals surface area contributed by atoms with Crippen LogP contribution in [0.5, 0.6) is 0 Å². The molecule has 2 atom stereocenters. The van der Waals surface area contributed by atoms with Gasteiger partial charge in [0.05, 0.1) is 6.10 Å². The maximum atomic E-state index is 11.0. The van der Waals surface area contributed by atoms with Crippen molar-refractivity contribution >= 4 is 5.91 Å². The molecule has 0 spiro atoms. The number of amides is 1. The highest BCUT2D eigenvalue weighted by Crippen LogP contribution is 2.26. The summed E-state index contributed by atoms with van der Waals surface area (Å²) in [6.45, 7) is 0. The number of aliphatic hydroxyl groups excluding tert-OH is 1. The molecule has 0 radical (unpaired) electrons. The molecular weight excluding hydrogens is 204 g/mol. The molecule has 0 aromatic carbocycles. The lowest BCUT2D eigenvalue weighted by Gasteiger charge is -2.30. The van der Waals surface area contributed by atoms with Gasteiger partial charge in [-0.05, 0) is 44.9 Å². The van der Waals surface area contributed by atoms with E-state index >= 15 is 0 Å². The average molecular weight is 226 g/mol. The molecule has 4 nitrogen and oxygen atoms in total. The Morgan fingerprint density at radius 3 is 2.31 bits per heavy atom. The summed E-state index contributed by atoms with van der Waals surface area (Å²) in [7, 11) is 0. The van der Waals surface area contributed by atoms with Crippen LogP contribution in [0.1, 0.15) is 44.9 Å². The van der Waals surface area contributed by atoms with Gasteiger partial charge in [0.25, 0.3) is 0 Å². The fourth-order valence-electron chi connectivity index (χ4n) is 2.98. The van der Waals surface area contributed by atoms with E-state index in [9.17, 15) is 9.90 Å². The predicted molar refractivity (Wildman–Crippen MR) is 61.7 cm³/mol. The van der Waals surface area contributed by atoms with Crippen LogP contribution >= 0.6 is 0 Å². The largest absolute Gasteiger partial charge is 0.392 e. The second-order valence-electron chi connectivity index (χ2n) is 5.22. The van der Waals surface area contributed by atoms with Gasteiger partial charge in [0.1, 0.15) is 0 Å². The minimum atomic E-state index is -0.172. The van der Waals surface area contributed by atoms with Gasteiger partial charge in [-0.3, -0.25) is 4.79 Å². The standard InChI is InChI=1S/C12H22N2O2/c13-12(16)8-4-6-9(7-5-8)14-10-2-1-3-11(10)15/h8-11,14-15H,1-7H2,(H2,13,16)/t8?,9?,10-,11-/m1/s1.